The molecule has 0 bridgehead atoms. The monoisotopic (exact) mass is 410 g/mol. The molecule has 2 atom stereocenters. The number of hydrogen-bond donors (Lipinski definition) is 2. The number of rotatable bonds is 8. The zero-order chi connectivity index (χ0) is 21.5. The van der Waals surface area contributed by atoms with Crippen LogP contribution in [0, 0.1) is 0 Å². The molecule has 156 valence electrons. The van der Waals surface area contributed by atoms with Crippen molar-refractivity contribution >= 4 is 0 Å². The molecule has 0 saturated carbocycles. The lowest BCUT2D eigenvalue weighted by atomic mass is 9.96. The molecule has 3 nitrogen and oxygen atoms in total. The molecule has 4 aromatic rings. The lowest BCUT2D eigenvalue weighted by Crippen LogP contribution is -2.14. The molecule has 3 heteroatoms. The predicted octanol–water partition coefficient (Wildman–Crippen LogP) is 5.80. The maximum absolute atomic E-state index is 10.8. The summed E-state index contributed by atoms with van der Waals surface area (Å²) in [5, 5.41) is 21.5. The van der Waals surface area contributed by atoms with E-state index < -0.39 is 12.2 Å². The van der Waals surface area contributed by atoms with Crippen LogP contribution in [0.1, 0.15) is 23.3 Å². The van der Waals surface area contributed by atoms with Gasteiger partial charge in [-0.15, -0.1) is 0 Å². The molecule has 0 saturated heterocycles. The Bertz CT molecular complexity index is 1000. The summed E-state index contributed by atoms with van der Waals surface area (Å²) in [6.45, 7) is 0.211. The highest BCUT2D eigenvalue weighted by atomic mass is 16.5. The third-order valence-corrected chi connectivity index (χ3v) is 5.36. The second-order valence-corrected chi connectivity index (χ2v) is 7.48. The van der Waals surface area contributed by atoms with Gasteiger partial charge < -0.3 is 14.9 Å². The van der Waals surface area contributed by atoms with Gasteiger partial charge in [0.1, 0.15) is 12.2 Å². The van der Waals surface area contributed by atoms with Crippen molar-refractivity contribution in [1.82, 2.24) is 0 Å². The first-order chi connectivity index (χ1) is 15.2. The molecular formula is C28H26O3. The van der Waals surface area contributed by atoms with Crippen LogP contribution in [-0.2, 0) is 4.74 Å². The van der Waals surface area contributed by atoms with E-state index in [0.717, 1.165) is 33.4 Å². The van der Waals surface area contributed by atoms with E-state index in [9.17, 15) is 10.2 Å². The van der Waals surface area contributed by atoms with Gasteiger partial charge >= 0.3 is 0 Å². The molecule has 0 spiro atoms. The summed E-state index contributed by atoms with van der Waals surface area (Å²) in [5.74, 6) is 0. The molecule has 0 aliphatic rings. The van der Waals surface area contributed by atoms with E-state index in [1.807, 2.05) is 109 Å². The highest BCUT2D eigenvalue weighted by Gasteiger charge is 2.17. The molecule has 0 aliphatic heterocycles. The van der Waals surface area contributed by atoms with Gasteiger partial charge in [0.25, 0.3) is 0 Å². The summed E-state index contributed by atoms with van der Waals surface area (Å²) in [5.41, 5.74) is 5.69. The molecule has 0 amide bonds. The van der Waals surface area contributed by atoms with Crippen molar-refractivity contribution in [2.45, 2.75) is 12.2 Å². The second kappa shape index (κ2) is 10.2. The van der Waals surface area contributed by atoms with Gasteiger partial charge in [-0.05, 0) is 33.4 Å². The SMILES string of the molecule is OC(COCC(O)c1ccccc1-c1ccccc1)c1ccccc1-c1ccccc1. The molecule has 0 aromatic heterocycles. The minimum Gasteiger partial charge on any atom is -0.386 e. The lowest BCUT2D eigenvalue weighted by Gasteiger charge is -2.19. The number of aliphatic hydroxyl groups is 2. The Morgan fingerprint density at radius 2 is 0.839 bits per heavy atom. The summed E-state index contributed by atoms with van der Waals surface area (Å²) in [6.07, 6.45) is -1.57. The predicted molar refractivity (Wildman–Crippen MR) is 124 cm³/mol. The Labute approximate surface area is 183 Å². The standard InChI is InChI=1S/C28H26O3/c29-27(25-17-9-7-15-23(25)21-11-3-1-4-12-21)19-31-20-28(30)26-18-10-8-16-24(26)22-13-5-2-6-14-22/h1-18,27-30H,19-20H2. The average molecular weight is 411 g/mol. The fraction of sp³-hybridized carbons (Fsp3) is 0.143. The van der Waals surface area contributed by atoms with E-state index >= 15 is 0 Å². The van der Waals surface area contributed by atoms with Crippen LogP contribution in [0.4, 0.5) is 0 Å². The molecule has 2 N–H and O–H groups in total. The minimum absolute atomic E-state index is 0.106. The summed E-state index contributed by atoms with van der Waals surface area (Å²) in [6, 6.07) is 35.5. The van der Waals surface area contributed by atoms with Crippen molar-refractivity contribution < 1.29 is 14.9 Å². The van der Waals surface area contributed by atoms with Crippen LogP contribution in [-0.4, -0.2) is 23.4 Å². The number of aliphatic hydroxyl groups excluding tert-OH is 2. The Morgan fingerprint density at radius 3 is 1.26 bits per heavy atom. The van der Waals surface area contributed by atoms with Crippen molar-refractivity contribution in [3.8, 4) is 22.3 Å². The van der Waals surface area contributed by atoms with Crippen LogP contribution < -0.4 is 0 Å². The number of hydrogen-bond acceptors (Lipinski definition) is 3. The van der Waals surface area contributed by atoms with Crippen LogP contribution in [0.2, 0.25) is 0 Å². The van der Waals surface area contributed by atoms with Crippen LogP contribution >= 0.6 is 0 Å². The zero-order valence-electron chi connectivity index (χ0n) is 17.3. The fourth-order valence-electron chi connectivity index (χ4n) is 3.81. The first kappa shape index (κ1) is 21.0. The van der Waals surface area contributed by atoms with E-state index in [4.69, 9.17) is 4.74 Å². The van der Waals surface area contributed by atoms with Crippen molar-refractivity contribution in [2.24, 2.45) is 0 Å². The van der Waals surface area contributed by atoms with Crippen LogP contribution in [0.15, 0.2) is 109 Å². The molecule has 0 radical (unpaired) electrons. The molecule has 0 fully saturated rings. The van der Waals surface area contributed by atoms with E-state index in [-0.39, 0.29) is 13.2 Å². The van der Waals surface area contributed by atoms with E-state index in [1.165, 1.54) is 0 Å². The number of benzene rings is 4. The fourth-order valence-corrected chi connectivity index (χ4v) is 3.81. The van der Waals surface area contributed by atoms with E-state index in [2.05, 4.69) is 0 Å². The Morgan fingerprint density at radius 1 is 0.484 bits per heavy atom. The average Bonchev–Trinajstić information content (AvgIpc) is 2.85. The molecule has 0 aliphatic carbocycles. The van der Waals surface area contributed by atoms with Gasteiger partial charge in [-0.1, -0.05) is 109 Å². The lowest BCUT2D eigenvalue weighted by molar-refractivity contribution is -0.00862. The largest absolute Gasteiger partial charge is 0.386 e. The smallest absolute Gasteiger partial charge is 0.103 e. The summed E-state index contributed by atoms with van der Waals surface area (Å²) in [7, 11) is 0. The first-order valence-corrected chi connectivity index (χ1v) is 10.5. The van der Waals surface area contributed by atoms with Gasteiger partial charge in [0.15, 0.2) is 0 Å². The zero-order valence-corrected chi connectivity index (χ0v) is 17.3. The van der Waals surface area contributed by atoms with Gasteiger partial charge in [-0.25, -0.2) is 0 Å². The Balaban J connectivity index is 1.43. The molecule has 2 unspecified atom stereocenters. The maximum Gasteiger partial charge on any atom is 0.103 e. The van der Waals surface area contributed by atoms with E-state index in [0.29, 0.717) is 0 Å². The van der Waals surface area contributed by atoms with Crippen LogP contribution in [0.3, 0.4) is 0 Å². The summed E-state index contributed by atoms with van der Waals surface area (Å²) in [4.78, 5) is 0. The number of ether oxygens (including phenoxy) is 1. The molecule has 4 rings (SSSR count). The molecule has 0 heterocycles. The Hall–Kier alpha value is -3.24. The topological polar surface area (TPSA) is 49.7 Å². The van der Waals surface area contributed by atoms with Gasteiger partial charge in [-0.2, -0.15) is 0 Å². The quantitative estimate of drug-likeness (QED) is 0.386. The van der Waals surface area contributed by atoms with E-state index in [1.54, 1.807) is 0 Å². The molecule has 4 aromatic carbocycles. The summed E-state index contributed by atoms with van der Waals surface area (Å²) < 4.78 is 5.75. The van der Waals surface area contributed by atoms with Crippen molar-refractivity contribution in [3.63, 3.8) is 0 Å². The van der Waals surface area contributed by atoms with Crippen LogP contribution in [0.25, 0.3) is 22.3 Å². The highest BCUT2D eigenvalue weighted by Crippen LogP contribution is 2.30. The highest BCUT2D eigenvalue weighted by molar-refractivity contribution is 5.68. The first-order valence-electron chi connectivity index (χ1n) is 10.5. The van der Waals surface area contributed by atoms with Gasteiger partial charge in [-0.3, -0.25) is 0 Å². The molecule has 31 heavy (non-hydrogen) atoms. The Kier molecular flexibility index (Phi) is 6.90. The third kappa shape index (κ3) is 5.09. The van der Waals surface area contributed by atoms with Crippen LogP contribution in [0.5, 0.6) is 0 Å². The third-order valence-electron chi connectivity index (χ3n) is 5.36. The normalized spacial score (nSPS) is 13.0. The van der Waals surface area contributed by atoms with Crippen molar-refractivity contribution in [2.75, 3.05) is 13.2 Å². The van der Waals surface area contributed by atoms with Gasteiger partial charge in [0, 0.05) is 0 Å². The van der Waals surface area contributed by atoms with Crippen molar-refractivity contribution in [3.05, 3.63) is 120 Å². The maximum atomic E-state index is 10.8. The summed E-state index contributed by atoms with van der Waals surface area (Å²) >= 11 is 0. The van der Waals surface area contributed by atoms with Gasteiger partial charge in [0.05, 0.1) is 13.2 Å². The van der Waals surface area contributed by atoms with Gasteiger partial charge in [0.2, 0.25) is 0 Å². The second-order valence-electron chi connectivity index (χ2n) is 7.48. The molecular weight excluding hydrogens is 384 g/mol. The minimum atomic E-state index is -0.784. The van der Waals surface area contributed by atoms with Crippen molar-refractivity contribution in [1.29, 1.82) is 0 Å².